The number of hydrogen-bond donors (Lipinski definition) is 0. The highest BCUT2D eigenvalue weighted by atomic mass is 16.5. The zero-order valence-corrected chi connectivity index (χ0v) is 14.1. The topological polar surface area (TPSA) is 69.0 Å². The average molecular weight is 343 g/mol. The van der Waals surface area contributed by atoms with Crippen LogP contribution in [0.3, 0.4) is 0 Å². The molecule has 1 aromatic heterocycles. The summed E-state index contributed by atoms with van der Waals surface area (Å²) in [7, 11) is 1.60. The van der Waals surface area contributed by atoms with Gasteiger partial charge in [0.25, 0.3) is 5.91 Å². The highest BCUT2D eigenvalue weighted by molar-refractivity contribution is 5.91. The van der Waals surface area contributed by atoms with Crippen molar-refractivity contribution >= 4 is 11.9 Å². The van der Waals surface area contributed by atoms with Crippen molar-refractivity contribution in [3.8, 4) is 5.75 Å². The van der Waals surface area contributed by atoms with E-state index in [1.54, 1.807) is 24.1 Å². The fourth-order valence-corrected chi connectivity index (χ4v) is 2.91. The summed E-state index contributed by atoms with van der Waals surface area (Å²) in [5.41, 5.74) is 0.887. The molecule has 1 aliphatic heterocycles. The molecule has 0 unspecified atom stereocenters. The monoisotopic (exact) mass is 343 g/mol. The molecule has 25 heavy (non-hydrogen) atoms. The molecule has 2 aromatic rings. The van der Waals surface area contributed by atoms with Crippen LogP contribution in [0.4, 0.5) is 0 Å². The lowest BCUT2D eigenvalue weighted by atomic mass is 9.97. The molecule has 0 N–H and O–H groups in total. The number of esters is 1. The molecule has 0 saturated carbocycles. The summed E-state index contributed by atoms with van der Waals surface area (Å²) in [6.45, 7) is 1.28. The van der Waals surface area contributed by atoms with Crippen LogP contribution in [0.5, 0.6) is 5.75 Å². The molecule has 0 aliphatic carbocycles. The molecule has 0 atom stereocenters. The Balaban J connectivity index is 1.47. The van der Waals surface area contributed by atoms with Crippen LogP contribution in [0.25, 0.3) is 0 Å². The van der Waals surface area contributed by atoms with E-state index in [0.717, 1.165) is 11.3 Å². The SMILES string of the molecule is COc1cccc(COC(=O)C2CCN(C(=O)c3ccco3)CC2)c1. The first-order valence-corrected chi connectivity index (χ1v) is 8.29. The van der Waals surface area contributed by atoms with Gasteiger partial charge >= 0.3 is 5.97 Å². The van der Waals surface area contributed by atoms with Crippen molar-refractivity contribution in [3.05, 3.63) is 54.0 Å². The van der Waals surface area contributed by atoms with Crippen LogP contribution in [0.2, 0.25) is 0 Å². The van der Waals surface area contributed by atoms with Crippen LogP contribution in [0.15, 0.2) is 47.1 Å². The van der Waals surface area contributed by atoms with Crippen LogP contribution >= 0.6 is 0 Å². The molecule has 1 saturated heterocycles. The van der Waals surface area contributed by atoms with Crippen molar-refractivity contribution in [2.24, 2.45) is 5.92 Å². The molecule has 6 heteroatoms. The third kappa shape index (κ3) is 4.21. The third-order valence-corrected chi connectivity index (χ3v) is 4.36. The Hall–Kier alpha value is -2.76. The molecule has 3 rings (SSSR count). The smallest absolute Gasteiger partial charge is 0.309 e. The number of likely N-dealkylation sites (tertiary alicyclic amines) is 1. The molecular weight excluding hydrogens is 322 g/mol. The fraction of sp³-hybridized carbons (Fsp3) is 0.368. The van der Waals surface area contributed by atoms with Gasteiger partial charge in [-0.15, -0.1) is 0 Å². The Morgan fingerprint density at radius 1 is 1.20 bits per heavy atom. The number of furan rings is 1. The molecule has 0 radical (unpaired) electrons. The van der Waals surface area contributed by atoms with Gasteiger partial charge in [0.2, 0.25) is 0 Å². The van der Waals surface area contributed by atoms with Crippen molar-refractivity contribution in [2.75, 3.05) is 20.2 Å². The van der Waals surface area contributed by atoms with Crippen molar-refractivity contribution in [3.63, 3.8) is 0 Å². The number of piperidine rings is 1. The third-order valence-electron chi connectivity index (χ3n) is 4.36. The molecule has 0 spiro atoms. The van der Waals surface area contributed by atoms with E-state index in [1.807, 2.05) is 24.3 Å². The summed E-state index contributed by atoms with van der Waals surface area (Å²) >= 11 is 0. The first-order chi connectivity index (χ1) is 12.2. The highest BCUT2D eigenvalue weighted by Gasteiger charge is 2.29. The van der Waals surface area contributed by atoms with Gasteiger partial charge in [-0.3, -0.25) is 9.59 Å². The van der Waals surface area contributed by atoms with Gasteiger partial charge in [-0.25, -0.2) is 0 Å². The number of carbonyl (C=O) groups excluding carboxylic acids is 2. The predicted molar refractivity (Wildman–Crippen MR) is 90.1 cm³/mol. The van der Waals surface area contributed by atoms with E-state index in [9.17, 15) is 9.59 Å². The van der Waals surface area contributed by atoms with E-state index in [2.05, 4.69) is 0 Å². The first-order valence-electron chi connectivity index (χ1n) is 8.29. The number of nitrogens with zero attached hydrogens (tertiary/aromatic N) is 1. The summed E-state index contributed by atoms with van der Waals surface area (Å²) in [4.78, 5) is 26.2. The number of methoxy groups -OCH3 is 1. The number of carbonyl (C=O) groups is 2. The van der Waals surface area contributed by atoms with Gasteiger partial charge in [0, 0.05) is 13.1 Å². The van der Waals surface area contributed by atoms with Gasteiger partial charge in [0.05, 0.1) is 19.3 Å². The summed E-state index contributed by atoms with van der Waals surface area (Å²) < 4.78 is 15.7. The van der Waals surface area contributed by atoms with Crippen LogP contribution in [0.1, 0.15) is 29.0 Å². The fourth-order valence-electron chi connectivity index (χ4n) is 2.91. The number of ether oxygens (including phenoxy) is 2. The number of benzene rings is 1. The lowest BCUT2D eigenvalue weighted by molar-refractivity contribution is -0.151. The minimum Gasteiger partial charge on any atom is -0.497 e. The van der Waals surface area contributed by atoms with E-state index in [0.29, 0.717) is 31.7 Å². The second-order valence-electron chi connectivity index (χ2n) is 6.00. The molecule has 0 bridgehead atoms. The van der Waals surface area contributed by atoms with Gasteiger partial charge in [0.1, 0.15) is 12.4 Å². The number of hydrogen-bond acceptors (Lipinski definition) is 5. The zero-order valence-electron chi connectivity index (χ0n) is 14.1. The summed E-state index contributed by atoms with van der Waals surface area (Å²) in [6, 6.07) is 10.8. The normalized spacial score (nSPS) is 15.0. The number of amides is 1. The van der Waals surface area contributed by atoms with E-state index in [-0.39, 0.29) is 24.4 Å². The molecule has 1 amide bonds. The summed E-state index contributed by atoms with van der Waals surface area (Å²) in [5, 5.41) is 0. The maximum Gasteiger partial charge on any atom is 0.309 e. The summed E-state index contributed by atoms with van der Waals surface area (Å²) in [5.74, 6) is 0.546. The molecular formula is C19H21NO5. The van der Waals surface area contributed by atoms with Crippen LogP contribution < -0.4 is 4.74 Å². The predicted octanol–water partition coefficient (Wildman–Crippen LogP) is 2.88. The minimum absolute atomic E-state index is 0.131. The average Bonchev–Trinajstić information content (AvgIpc) is 3.20. The quantitative estimate of drug-likeness (QED) is 0.781. The van der Waals surface area contributed by atoms with Crippen molar-refractivity contribution in [1.29, 1.82) is 0 Å². The largest absolute Gasteiger partial charge is 0.497 e. The first kappa shape index (κ1) is 17.1. The van der Waals surface area contributed by atoms with E-state index >= 15 is 0 Å². The molecule has 1 aromatic carbocycles. The summed E-state index contributed by atoms with van der Waals surface area (Å²) in [6.07, 6.45) is 2.68. The van der Waals surface area contributed by atoms with Crippen molar-refractivity contribution in [1.82, 2.24) is 4.90 Å². The molecule has 6 nitrogen and oxygen atoms in total. The molecule has 132 valence electrons. The molecule has 1 aliphatic rings. The van der Waals surface area contributed by atoms with Crippen molar-refractivity contribution < 1.29 is 23.5 Å². The highest BCUT2D eigenvalue weighted by Crippen LogP contribution is 2.21. The van der Waals surface area contributed by atoms with Gasteiger partial charge < -0.3 is 18.8 Å². The van der Waals surface area contributed by atoms with Gasteiger partial charge in [0.15, 0.2) is 5.76 Å². The maximum atomic E-state index is 12.3. The minimum atomic E-state index is -0.215. The molecule has 1 fully saturated rings. The Bertz CT molecular complexity index is 717. The lowest BCUT2D eigenvalue weighted by Gasteiger charge is -2.30. The lowest BCUT2D eigenvalue weighted by Crippen LogP contribution is -2.40. The second kappa shape index (κ2) is 7.88. The number of rotatable bonds is 5. The van der Waals surface area contributed by atoms with E-state index < -0.39 is 0 Å². The Morgan fingerprint density at radius 2 is 2.00 bits per heavy atom. The van der Waals surface area contributed by atoms with Crippen molar-refractivity contribution in [2.45, 2.75) is 19.4 Å². The molecule has 2 heterocycles. The van der Waals surface area contributed by atoms with Gasteiger partial charge in [-0.1, -0.05) is 12.1 Å². The Kier molecular flexibility index (Phi) is 5.38. The van der Waals surface area contributed by atoms with E-state index in [4.69, 9.17) is 13.9 Å². The van der Waals surface area contributed by atoms with E-state index in [1.165, 1.54) is 6.26 Å². The van der Waals surface area contributed by atoms with Gasteiger partial charge in [-0.05, 0) is 42.7 Å². The Labute approximate surface area is 146 Å². The second-order valence-corrected chi connectivity index (χ2v) is 6.00. The Morgan fingerprint density at radius 3 is 2.68 bits per heavy atom. The standard InChI is InChI=1S/C19H21NO5/c1-23-16-5-2-4-14(12-16)13-25-19(22)15-7-9-20(10-8-15)18(21)17-6-3-11-24-17/h2-6,11-12,15H,7-10,13H2,1H3. The maximum absolute atomic E-state index is 12.3. The van der Waals surface area contributed by atoms with Gasteiger partial charge in [-0.2, -0.15) is 0 Å². The van der Waals surface area contributed by atoms with Crippen LogP contribution in [-0.2, 0) is 16.1 Å². The van der Waals surface area contributed by atoms with Crippen LogP contribution in [-0.4, -0.2) is 37.0 Å². The van der Waals surface area contributed by atoms with Crippen LogP contribution in [0, 0.1) is 5.92 Å². The zero-order chi connectivity index (χ0) is 17.6.